The zero-order valence-electron chi connectivity index (χ0n) is 12.5. The van der Waals surface area contributed by atoms with Crippen LogP contribution in [0.25, 0.3) is 0 Å². The van der Waals surface area contributed by atoms with Crippen molar-refractivity contribution in [1.82, 2.24) is 4.72 Å². The highest BCUT2D eigenvalue weighted by Crippen LogP contribution is 2.25. The third kappa shape index (κ3) is 4.95. The number of hydrogen-bond donors (Lipinski definition) is 3. The minimum atomic E-state index is -3.88. The molecule has 1 aromatic carbocycles. The van der Waals surface area contributed by atoms with E-state index < -0.39 is 19.9 Å². The quantitative estimate of drug-likeness (QED) is 0.538. The normalized spacial score (nSPS) is 13.2. The van der Waals surface area contributed by atoms with E-state index in [1.54, 1.807) is 0 Å². The molecule has 0 aliphatic carbocycles. The Labute approximate surface area is 125 Å². The Hall–Kier alpha value is -1.16. The highest BCUT2D eigenvalue weighted by molar-refractivity contribution is 7.91. The Balaban J connectivity index is 3.33. The van der Waals surface area contributed by atoms with Crippen LogP contribution in [0.15, 0.2) is 28.0 Å². The Bertz CT molecular complexity index is 719. The van der Waals surface area contributed by atoms with E-state index in [4.69, 9.17) is 5.84 Å². The van der Waals surface area contributed by atoms with Crippen LogP contribution in [0.4, 0.5) is 5.69 Å². The number of nitrogens with two attached hydrogens (primary N) is 1. The summed E-state index contributed by atoms with van der Waals surface area (Å²) in [6.45, 7) is 5.85. The summed E-state index contributed by atoms with van der Waals surface area (Å²) in [5.74, 6) is 5.30. The fourth-order valence-electron chi connectivity index (χ4n) is 1.46. The average molecular weight is 335 g/mol. The van der Waals surface area contributed by atoms with Crippen molar-refractivity contribution in [3.8, 4) is 0 Å². The third-order valence-corrected chi connectivity index (χ3v) is 5.17. The first-order valence-corrected chi connectivity index (χ1v) is 9.55. The van der Waals surface area contributed by atoms with Crippen LogP contribution >= 0.6 is 0 Å². The van der Waals surface area contributed by atoms with Crippen molar-refractivity contribution in [3.05, 3.63) is 18.2 Å². The zero-order valence-corrected chi connectivity index (χ0v) is 14.1. The lowest BCUT2D eigenvalue weighted by molar-refractivity contribution is 0.407. The van der Waals surface area contributed by atoms with Gasteiger partial charge in [-0.25, -0.2) is 21.6 Å². The molecule has 1 aromatic rings. The molecule has 0 aliphatic rings. The second-order valence-electron chi connectivity index (χ2n) is 5.96. The summed E-state index contributed by atoms with van der Waals surface area (Å²) in [4.78, 5) is -0.283. The monoisotopic (exact) mass is 335 g/mol. The minimum Gasteiger partial charge on any atom is -0.323 e. The van der Waals surface area contributed by atoms with Gasteiger partial charge in [0.05, 0.1) is 10.6 Å². The van der Waals surface area contributed by atoms with Gasteiger partial charge in [-0.2, -0.15) is 0 Å². The van der Waals surface area contributed by atoms with Gasteiger partial charge in [0.2, 0.25) is 10.0 Å². The van der Waals surface area contributed by atoms with Crippen LogP contribution in [0, 0.1) is 5.41 Å². The van der Waals surface area contributed by atoms with Crippen LogP contribution in [0.1, 0.15) is 20.8 Å². The maximum atomic E-state index is 12.3. The molecule has 21 heavy (non-hydrogen) atoms. The van der Waals surface area contributed by atoms with Crippen LogP contribution in [0.3, 0.4) is 0 Å². The van der Waals surface area contributed by atoms with Gasteiger partial charge in [-0.3, -0.25) is 5.84 Å². The molecule has 0 fully saturated rings. The summed E-state index contributed by atoms with van der Waals surface area (Å²) < 4.78 is 50.2. The SMILES string of the molecule is CC(C)(C)CNS(=O)(=O)c1cc(S(C)(=O)=O)ccc1NN. The van der Waals surface area contributed by atoms with Gasteiger partial charge in [-0.15, -0.1) is 0 Å². The molecule has 0 aliphatic heterocycles. The molecule has 1 rings (SSSR count). The summed E-state index contributed by atoms with van der Waals surface area (Å²) in [6.07, 6.45) is 1.01. The lowest BCUT2D eigenvalue weighted by Crippen LogP contribution is -2.33. The number of sulfone groups is 1. The molecule has 0 unspecified atom stereocenters. The molecule has 120 valence electrons. The van der Waals surface area contributed by atoms with E-state index in [1.807, 2.05) is 20.8 Å². The Morgan fingerprint density at radius 1 is 1.14 bits per heavy atom. The molecule has 0 amide bonds. The topological polar surface area (TPSA) is 118 Å². The van der Waals surface area contributed by atoms with E-state index >= 15 is 0 Å². The summed E-state index contributed by atoms with van der Waals surface area (Å²) in [5.41, 5.74) is 2.14. The summed E-state index contributed by atoms with van der Waals surface area (Å²) in [7, 11) is -7.39. The molecule has 0 saturated heterocycles. The van der Waals surface area contributed by atoms with Gasteiger partial charge in [-0.1, -0.05) is 20.8 Å². The smallest absolute Gasteiger partial charge is 0.242 e. The lowest BCUT2D eigenvalue weighted by Gasteiger charge is -2.19. The molecule has 0 aromatic heterocycles. The summed E-state index contributed by atoms with van der Waals surface area (Å²) in [6, 6.07) is 3.71. The van der Waals surface area contributed by atoms with E-state index in [0.717, 1.165) is 12.3 Å². The lowest BCUT2D eigenvalue weighted by atomic mass is 9.98. The Morgan fingerprint density at radius 3 is 2.14 bits per heavy atom. The summed E-state index contributed by atoms with van der Waals surface area (Å²) >= 11 is 0. The number of benzene rings is 1. The standard InChI is InChI=1S/C12H21N3O4S2/c1-12(2,3)8-14-21(18,19)11-7-9(20(4,16)17)5-6-10(11)15-13/h5-7,14-15H,8,13H2,1-4H3. The fraction of sp³-hybridized carbons (Fsp3) is 0.500. The largest absolute Gasteiger partial charge is 0.323 e. The highest BCUT2D eigenvalue weighted by atomic mass is 32.2. The molecule has 0 bridgehead atoms. The van der Waals surface area contributed by atoms with Crippen molar-refractivity contribution in [2.24, 2.45) is 11.3 Å². The van der Waals surface area contributed by atoms with E-state index in [2.05, 4.69) is 10.1 Å². The van der Waals surface area contributed by atoms with Crippen molar-refractivity contribution in [2.75, 3.05) is 18.2 Å². The van der Waals surface area contributed by atoms with Crippen molar-refractivity contribution < 1.29 is 16.8 Å². The van der Waals surface area contributed by atoms with Gasteiger partial charge in [-0.05, 0) is 23.6 Å². The van der Waals surface area contributed by atoms with Gasteiger partial charge >= 0.3 is 0 Å². The zero-order chi connectivity index (χ0) is 16.5. The maximum Gasteiger partial charge on any atom is 0.242 e. The molecule has 0 radical (unpaired) electrons. The molecule has 4 N–H and O–H groups in total. The Morgan fingerprint density at radius 2 is 1.71 bits per heavy atom. The average Bonchev–Trinajstić information content (AvgIpc) is 2.34. The molecule has 9 heteroatoms. The molecule has 7 nitrogen and oxygen atoms in total. The first-order chi connectivity index (χ1) is 9.37. The second-order valence-corrected chi connectivity index (χ2v) is 9.71. The number of sulfonamides is 1. The van der Waals surface area contributed by atoms with Crippen molar-refractivity contribution >= 4 is 25.5 Å². The van der Waals surface area contributed by atoms with Gasteiger partial charge in [0.15, 0.2) is 9.84 Å². The van der Waals surface area contributed by atoms with Gasteiger partial charge in [0.1, 0.15) is 4.90 Å². The van der Waals surface area contributed by atoms with E-state index in [9.17, 15) is 16.8 Å². The van der Waals surface area contributed by atoms with Gasteiger partial charge in [0, 0.05) is 12.8 Å². The number of nitrogens with one attached hydrogen (secondary N) is 2. The van der Waals surface area contributed by atoms with Crippen LogP contribution < -0.4 is 16.0 Å². The molecule has 0 heterocycles. The molecule has 0 saturated carbocycles. The maximum absolute atomic E-state index is 12.3. The van der Waals surface area contributed by atoms with E-state index in [-0.39, 0.29) is 27.4 Å². The second kappa shape index (κ2) is 5.91. The summed E-state index contributed by atoms with van der Waals surface area (Å²) in [5, 5.41) is 0. The molecule has 0 atom stereocenters. The molecular weight excluding hydrogens is 314 g/mol. The third-order valence-electron chi connectivity index (χ3n) is 2.62. The van der Waals surface area contributed by atoms with Gasteiger partial charge in [0.25, 0.3) is 0 Å². The first-order valence-electron chi connectivity index (χ1n) is 6.17. The fourth-order valence-corrected chi connectivity index (χ4v) is 3.66. The van der Waals surface area contributed by atoms with Crippen molar-refractivity contribution in [2.45, 2.75) is 30.6 Å². The van der Waals surface area contributed by atoms with E-state index in [1.165, 1.54) is 12.1 Å². The van der Waals surface area contributed by atoms with Crippen molar-refractivity contribution in [1.29, 1.82) is 0 Å². The van der Waals surface area contributed by atoms with E-state index in [0.29, 0.717) is 0 Å². The number of anilines is 1. The predicted molar refractivity (Wildman–Crippen MR) is 82.0 cm³/mol. The van der Waals surface area contributed by atoms with Gasteiger partial charge < -0.3 is 5.43 Å². The predicted octanol–water partition coefficient (Wildman–Crippen LogP) is 0.700. The van der Waals surface area contributed by atoms with Crippen molar-refractivity contribution in [3.63, 3.8) is 0 Å². The minimum absolute atomic E-state index is 0.0855. The Kier molecular flexibility index (Phi) is 5.04. The number of hydrogen-bond acceptors (Lipinski definition) is 6. The van der Waals surface area contributed by atoms with Crippen LogP contribution in [-0.2, 0) is 19.9 Å². The van der Waals surface area contributed by atoms with Crippen LogP contribution in [-0.4, -0.2) is 29.6 Å². The number of rotatable bonds is 5. The molecule has 0 spiro atoms. The number of nitrogen functional groups attached to an aromatic ring is 1. The number of hydrazine groups is 1. The first kappa shape index (κ1) is 17.9. The molecular formula is C12H21N3O4S2. The highest BCUT2D eigenvalue weighted by Gasteiger charge is 2.23. The van der Waals surface area contributed by atoms with Crippen LogP contribution in [0.5, 0.6) is 0 Å². The van der Waals surface area contributed by atoms with Crippen LogP contribution in [0.2, 0.25) is 0 Å².